The lowest BCUT2D eigenvalue weighted by Crippen LogP contribution is -2.33. The normalized spacial score (nSPS) is 15.0. The van der Waals surface area contributed by atoms with Gasteiger partial charge in [-0.1, -0.05) is 153 Å². The number of aromatic nitrogens is 2. The molecule has 1 atom stereocenters. The van der Waals surface area contributed by atoms with Gasteiger partial charge in [0.1, 0.15) is 5.82 Å². The van der Waals surface area contributed by atoms with Crippen LogP contribution in [0.1, 0.15) is 12.7 Å². The highest BCUT2D eigenvalue weighted by Gasteiger charge is 2.39. The number of rotatable bonds is 5. The molecular weight excluding hydrogens is 640 g/mol. The van der Waals surface area contributed by atoms with E-state index in [0.29, 0.717) is 0 Å². The monoisotopic (exact) mass is 672 g/mol. The highest BCUT2D eigenvalue weighted by molar-refractivity contribution is 7.86. The van der Waals surface area contributed by atoms with Gasteiger partial charge in [0.05, 0.1) is 16.7 Å². The largest absolute Gasteiger partial charge is 0.308 e. The van der Waals surface area contributed by atoms with E-state index in [9.17, 15) is 0 Å². The van der Waals surface area contributed by atoms with Gasteiger partial charge >= 0.3 is 0 Å². The van der Waals surface area contributed by atoms with Gasteiger partial charge in [-0.05, 0) is 79.2 Å². The van der Waals surface area contributed by atoms with Crippen molar-refractivity contribution in [2.24, 2.45) is 0 Å². The lowest BCUT2D eigenvalue weighted by Gasteiger charge is -2.29. The molecule has 0 bridgehead atoms. The Kier molecular flexibility index (Phi) is 6.74. The molecule has 0 fully saturated rings. The number of imidazole rings is 1. The van der Waals surface area contributed by atoms with Gasteiger partial charge in [0.15, 0.2) is 7.14 Å². The predicted molar refractivity (Wildman–Crippen MR) is 215 cm³/mol. The molecule has 1 aliphatic heterocycles. The summed E-state index contributed by atoms with van der Waals surface area (Å²) in [6, 6.07) is 59.7. The number of hydrogen-bond donors (Lipinski definition) is 0. The number of benzene rings is 8. The second-order valence-corrected chi connectivity index (χ2v) is 16.0. The van der Waals surface area contributed by atoms with Crippen molar-refractivity contribution in [2.45, 2.75) is 13.3 Å². The van der Waals surface area contributed by atoms with Crippen LogP contribution in [0.15, 0.2) is 170 Å². The van der Waals surface area contributed by atoms with Gasteiger partial charge in [-0.25, -0.2) is 4.98 Å². The third-order valence-corrected chi connectivity index (χ3v) is 13.7. The molecule has 1 unspecified atom stereocenters. The number of hydrogen-bond acceptors (Lipinski definition) is 2. The van der Waals surface area contributed by atoms with E-state index in [-0.39, 0.29) is 0 Å². The quantitative estimate of drug-likeness (QED) is 0.135. The maximum Gasteiger partial charge on any atom is 0.175 e. The molecule has 0 spiro atoms. The minimum Gasteiger partial charge on any atom is -0.308 e. The van der Waals surface area contributed by atoms with Crippen molar-refractivity contribution in [3.8, 4) is 39.1 Å². The van der Waals surface area contributed by atoms with E-state index < -0.39 is 7.14 Å². The second kappa shape index (κ2) is 11.5. The third-order valence-electron chi connectivity index (χ3n) is 10.6. The predicted octanol–water partition coefficient (Wildman–Crippen LogP) is 10.8. The zero-order valence-corrected chi connectivity index (χ0v) is 29.0. The van der Waals surface area contributed by atoms with Crippen molar-refractivity contribution in [1.82, 2.24) is 9.55 Å². The van der Waals surface area contributed by atoms with E-state index in [0.717, 1.165) is 56.0 Å². The minimum absolute atomic E-state index is 0.771. The van der Waals surface area contributed by atoms with E-state index in [2.05, 4.69) is 133 Å². The highest BCUT2D eigenvalue weighted by Crippen LogP contribution is 2.50. The fourth-order valence-corrected chi connectivity index (χ4v) is 11.3. The van der Waals surface area contributed by atoms with Crippen molar-refractivity contribution < 1.29 is 4.57 Å². The Labute approximate surface area is 296 Å². The van der Waals surface area contributed by atoms with E-state index in [1.807, 2.05) is 48.5 Å². The molecule has 0 aliphatic carbocycles. The number of para-hydroxylation sites is 1. The third kappa shape index (κ3) is 4.38. The molecule has 0 radical (unpaired) electrons. The average molecular weight is 673 g/mol. The van der Waals surface area contributed by atoms with E-state index in [4.69, 9.17) is 4.98 Å². The van der Waals surface area contributed by atoms with Gasteiger partial charge in [0.2, 0.25) is 0 Å². The van der Waals surface area contributed by atoms with Crippen LogP contribution >= 0.6 is 7.14 Å². The standard InChI is InChI=1S/C47H33N2OP/c1-2-44-48-40-22-13-23-43-47(40)49(44)41-30-34(28-29-42(41)51(43,50)35-16-7-4-8-17-35)31-24-26-33(27-25-31)46-38-20-11-9-18-36(38)45(32-14-5-3-6-15-32)37-19-10-12-21-39(37)46/h3-30H,2H2,1H3. The molecule has 0 amide bonds. The van der Waals surface area contributed by atoms with Crippen molar-refractivity contribution in [1.29, 1.82) is 0 Å². The summed E-state index contributed by atoms with van der Waals surface area (Å²) < 4.78 is 17.8. The summed E-state index contributed by atoms with van der Waals surface area (Å²) in [6.07, 6.45) is 0.771. The highest BCUT2D eigenvalue weighted by atomic mass is 31.2. The van der Waals surface area contributed by atoms with Crippen LogP contribution in [-0.4, -0.2) is 9.55 Å². The fourth-order valence-electron chi connectivity index (χ4n) is 8.29. The summed E-state index contributed by atoms with van der Waals surface area (Å²) in [5.41, 5.74) is 9.90. The van der Waals surface area contributed by atoms with Crippen LogP contribution in [0.3, 0.4) is 0 Å². The Morgan fingerprint density at radius 2 is 1.04 bits per heavy atom. The molecule has 8 aromatic carbocycles. The lowest BCUT2D eigenvalue weighted by molar-refractivity contribution is 0.592. The summed E-state index contributed by atoms with van der Waals surface area (Å²) in [5.74, 6) is 0.975. The molecule has 9 aromatic rings. The van der Waals surface area contributed by atoms with E-state index in [1.165, 1.54) is 43.8 Å². The minimum atomic E-state index is -3.15. The molecular formula is C47H33N2OP. The van der Waals surface area contributed by atoms with Crippen molar-refractivity contribution in [2.75, 3.05) is 0 Å². The summed E-state index contributed by atoms with van der Waals surface area (Å²) in [5, 5.41) is 7.54. The summed E-state index contributed by atoms with van der Waals surface area (Å²) in [7, 11) is -3.15. The van der Waals surface area contributed by atoms with E-state index >= 15 is 4.57 Å². The molecule has 0 saturated heterocycles. The van der Waals surface area contributed by atoms with Gasteiger partial charge in [0, 0.05) is 22.3 Å². The Bertz CT molecular complexity index is 2800. The first-order valence-electron chi connectivity index (χ1n) is 17.6. The first-order valence-corrected chi connectivity index (χ1v) is 19.3. The van der Waals surface area contributed by atoms with Crippen LogP contribution < -0.4 is 15.9 Å². The molecule has 51 heavy (non-hydrogen) atoms. The number of fused-ring (bicyclic) bond motifs is 4. The summed E-state index contributed by atoms with van der Waals surface area (Å²) in [6.45, 7) is 2.14. The van der Waals surface area contributed by atoms with Gasteiger partial charge in [-0.2, -0.15) is 0 Å². The van der Waals surface area contributed by atoms with Gasteiger partial charge < -0.3 is 4.57 Å². The average Bonchev–Trinajstić information content (AvgIpc) is 3.59. The molecule has 10 rings (SSSR count). The Morgan fingerprint density at radius 3 is 1.65 bits per heavy atom. The molecule has 242 valence electrons. The lowest BCUT2D eigenvalue weighted by atomic mass is 9.86. The van der Waals surface area contributed by atoms with Crippen molar-refractivity contribution in [3.63, 3.8) is 0 Å². The fraction of sp³-hybridized carbons (Fsp3) is 0.0426. The van der Waals surface area contributed by atoms with Crippen LogP contribution in [0.4, 0.5) is 0 Å². The Balaban J connectivity index is 1.15. The number of aryl methyl sites for hydroxylation is 1. The molecule has 1 aliphatic rings. The SMILES string of the molecule is CCc1nc2cccc3c2n1-c1cc(-c2ccc(-c4c5ccccc5c(-c5ccccc5)c5ccccc45)cc2)ccc1P3(=O)c1ccccc1. The first kappa shape index (κ1) is 29.9. The molecule has 2 heterocycles. The Hall–Kier alpha value is -6.02. The summed E-state index contributed by atoms with van der Waals surface area (Å²) in [4.78, 5) is 5.03. The van der Waals surface area contributed by atoms with Crippen LogP contribution in [0.5, 0.6) is 0 Å². The molecule has 0 N–H and O–H groups in total. The first-order chi connectivity index (χ1) is 25.1. The van der Waals surface area contributed by atoms with Crippen LogP contribution in [0.25, 0.3) is 71.6 Å². The van der Waals surface area contributed by atoms with E-state index in [1.54, 1.807) is 0 Å². The zero-order chi connectivity index (χ0) is 34.1. The van der Waals surface area contributed by atoms with Crippen molar-refractivity contribution >= 4 is 55.6 Å². The zero-order valence-electron chi connectivity index (χ0n) is 28.1. The number of nitrogens with zero attached hydrogens (tertiary/aromatic N) is 2. The second-order valence-electron chi connectivity index (χ2n) is 13.3. The molecule has 0 saturated carbocycles. The molecule has 4 heteroatoms. The van der Waals surface area contributed by atoms with Crippen LogP contribution in [0, 0.1) is 0 Å². The van der Waals surface area contributed by atoms with Crippen molar-refractivity contribution in [3.05, 3.63) is 176 Å². The van der Waals surface area contributed by atoms with Crippen LogP contribution in [0.2, 0.25) is 0 Å². The van der Waals surface area contributed by atoms with Gasteiger partial charge in [0.25, 0.3) is 0 Å². The van der Waals surface area contributed by atoms with Gasteiger partial charge in [-0.15, -0.1) is 0 Å². The smallest absolute Gasteiger partial charge is 0.175 e. The summed E-state index contributed by atoms with van der Waals surface area (Å²) >= 11 is 0. The van der Waals surface area contributed by atoms with Gasteiger partial charge in [-0.3, -0.25) is 4.57 Å². The molecule has 1 aromatic heterocycles. The topological polar surface area (TPSA) is 34.9 Å². The maximum absolute atomic E-state index is 15.5. The Morgan fingerprint density at radius 1 is 0.510 bits per heavy atom. The van der Waals surface area contributed by atoms with Crippen LogP contribution in [-0.2, 0) is 11.0 Å². The molecule has 3 nitrogen and oxygen atoms in total. The maximum atomic E-state index is 15.5.